The molecule has 0 bridgehead atoms. The molecule has 0 amide bonds. The van der Waals surface area contributed by atoms with Gasteiger partial charge in [0.05, 0.1) is 5.57 Å². The number of ether oxygens (including phenoxy) is 1. The van der Waals surface area contributed by atoms with E-state index in [0.29, 0.717) is 5.57 Å². The normalized spacial score (nSPS) is 21.2. The molecule has 13 heavy (non-hydrogen) atoms. The molecule has 2 nitrogen and oxygen atoms in total. The van der Waals surface area contributed by atoms with Crippen LogP contribution in [0.5, 0.6) is 0 Å². The average Bonchev–Trinajstić information content (AvgIpc) is 2.47. The van der Waals surface area contributed by atoms with Crippen LogP contribution < -0.4 is 0 Å². The standard InChI is InChI=1S/C11H10O2/c1-8-7-10(11(12)13-8)9-5-3-2-4-6-9/h2-8H,1H3. The van der Waals surface area contributed by atoms with Gasteiger partial charge in [-0.1, -0.05) is 30.3 Å². The molecule has 1 aromatic rings. The molecule has 0 spiro atoms. The van der Waals surface area contributed by atoms with Crippen LogP contribution in [0.1, 0.15) is 12.5 Å². The largest absolute Gasteiger partial charge is 0.455 e. The van der Waals surface area contributed by atoms with E-state index in [2.05, 4.69) is 0 Å². The van der Waals surface area contributed by atoms with Gasteiger partial charge < -0.3 is 4.74 Å². The van der Waals surface area contributed by atoms with E-state index >= 15 is 0 Å². The van der Waals surface area contributed by atoms with Crippen molar-refractivity contribution in [1.82, 2.24) is 0 Å². The first-order valence-electron chi connectivity index (χ1n) is 4.25. The summed E-state index contributed by atoms with van der Waals surface area (Å²) in [5.74, 6) is -0.223. The number of hydrogen-bond acceptors (Lipinski definition) is 2. The van der Waals surface area contributed by atoms with E-state index in [1.807, 2.05) is 43.3 Å². The molecule has 1 aromatic carbocycles. The Bertz CT molecular complexity index is 352. The minimum Gasteiger partial charge on any atom is -0.455 e. The van der Waals surface area contributed by atoms with Crippen molar-refractivity contribution in [2.24, 2.45) is 0 Å². The molecular formula is C11H10O2. The molecule has 1 heterocycles. The van der Waals surface area contributed by atoms with Crippen LogP contribution in [0.4, 0.5) is 0 Å². The number of cyclic esters (lactones) is 1. The van der Waals surface area contributed by atoms with Gasteiger partial charge in [-0.05, 0) is 18.6 Å². The summed E-state index contributed by atoms with van der Waals surface area (Å²) in [6, 6.07) is 9.56. The first kappa shape index (κ1) is 8.05. The molecule has 0 radical (unpaired) electrons. The van der Waals surface area contributed by atoms with Crippen molar-refractivity contribution in [3.63, 3.8) is 0 Å². The lowest BCUT2D eigenvalue weighted by atomic mass is 10.1. The zero-order chi connectivity index (χ0) is 9.26. The third kappa shape index (κ3) is 1.47. The number of carbonyl (C=O) groups excluding carboxylic acids is 1. The van der Waals surface area contributed by atoms with Gasteiger partial charge in [0, 0.05) is 0 Å². The van der Waals surface area contributed by atoms with Gasteiger partial charge in [-0.2, -0.15) is 0 Å². The van der Waals surface area contributed by atoms with Gasteiger partial charge in [0.1, 0.15) is 6.10 Å². The quantitative estimate of drug-likeness (QED) is 0.609. The van der Waals surface area contributed by atoms with Gasteiger partial charge in [0.15, 0.2) is 0 Å². The zero-order valence-corrected chi connectivity index (χ0v) is 7.36. The highest BCUT2D eigenvalue weighted by atomic mass is 16.5. The molecule has 0 N–H and O–H groups in total. The van der Waals surface area contributed by atoms with E-state index in [9.17, 15) is 4.79 Å². The van der Waals surface area contributed by atoms with Crippen LogP contribution in [0.25, 0.3) is 5.57 Å². The SMILES string of the molecule is CC1C=C(c2ccccc2)C(=O)O1. The smallest absolute Gasteiger partial charge is 0.339 e. The van der Waals surface area contributed by atoms with Gasteiger partial charge in [-0.15, -0.1) is 0 Å². The van der Waals surface area contributed by atoms with Crippen molar-refractivity contribution in [2.75, 3.05) is 0 Å². The van der Waals surface area contributed by atoms with E-state index in [0.717, 1.165) is 5.56 Å². The molecule has 66 valence electrons. The maximum Gasteiger partial charge on any atom is 0.339 e. The fourth-order valence-corrected chi connectivity index (χ4v) is 1.40. The third-order valence-corrected chi connectivity index (χ3v) is 2.00. The number of esters is 1. The minimum absolute atomic E-state index is 0.0947. The Morgan fingerprint density at radius 3 is 2.46 bits per heavy atom. The first-order chi connectivity index (χ1) is 6.27. The van der Waals surface area contributed by atoms with Crippen LogP contribution in [0.2, 0.25) is 0 Å². The van der Waals surface area contributed by atoms with Crippen LogP contribution in [0.15, 0.2) is 36.4 Å². The van der Waals surface area contributed by atoms with Gasteiger partial charge in [-0.3, -0.25) is 0 Å². The molecule has 1 atom stereocenters. The Balaban J connectivity index is 2.37. The number of hydrogen-bond donors (Lipinski definition) is 0. The fourth-order valence-electron chi connectivity index (χ4n) is 1.40. The molecular weight excluding hydrogens is 164 g/mol. The lowest BCUT2D eigenvalue weighted by Gasteiger charge is -1.99. The van der Waals surface area contributed by atoms with Crippen LogP contribution in [0, 0.1) is 0 Å². The topological polar surface area (TPSA) is 26.3 Å². The highest BCUT2D eigenvalue weighted by Gasteiger charge is 2.22. The summed E-state index contributed by atoms with van der Waals surface area (Å²) in [6.45, 7) is 1.86. The van der Waals surface area contributed by atoms with E-state index in [4.69, 9.17) is 4.74 Å². The van der Waals surface area contributed by atoms with E-state index in [-0.39, 0.29) is 12.1 Å². The van der Waals surface area contributed by atoms with E-state index < -0.39 is 0 Å². The summed E-state index contributed by atoms with van der Waals surface area (Å²) in [5.41, 5.74) is 1.60. The second-order valence-corrected chi connectivity index (χ2v) is 3.06. The van der Waals surface area contributed by atoms with Crippen molar-refractivity contribution in [3.05, 3.63) is 42.0 Å². The van der Waals surface area contributed by atoms with Crippen molar-refractivity contribution >= 4 is 11.5 Å². The Hall–Kier alpha value is -1.57. The highest BCUT2D eigenvalue weighted by molar-refractivity contribution is 6.18. The Kier molecular flexibility index (Phi) is 1.89. The average molecular weight is 174 g/mol. The summed E-state index contributed by atoms with van der Waals surface area (Å²) in [5, 5.41) is 0. The van der Waals surface area contributed by atoms with Gasteiger partial charge in [0.25, 0.3) is 0 Å². The Morgan fingerprint density at radius 1 is 1.23 bits per heavy atom. The van der Waals surface area contributed by atoms with Gasteiger partial charge in [-0.25, -0.2) is 4.79 Å². The van der Waals surface area contributed by atoms with Crippen molar-refractivity contribution in [3.8, 4) is 0 Å². The molecule has 0 saturated carbocycles. The second kappa shape index (κ2) is 3.05. The molecule has 0 aromatic heterocycles. The van der Waals surface area contributed by atoms with Gasteiger partial charge >= 0.3 is 5.97 Å². The molecule has 1 aliphatic heterocycles. The molecule has 0 aliphatic carbocycles. The number of carbonyl (C=O) groups is 1. The third-order valence-electron chi connectivity index (χ3n) is 2.00. The van der Waals surface area contributed by atoms with Crippen molar-refractivity contribution in [2.45, 2.75) is 13.0 Å². The summed E-state index contributed by atoms with van der Waals surface area (Å²) in [7, 11) is 0. The number of rotatable bonds is 1. The molecule has 0 saturated heterocycles. The summed E-state index contributed by atoms with van der Waals surface area (Å²) in [4.78, 5) is 11.3. The maximum atomic E-state index is 11.3. The van der Waals surface area contributed by atoms with Crippen LogP contribution in [-0.4, -0.2) is 12.1 Å². The molecule has 1 unspecified atom stereocenters. The molecule has 2 heteroatoms. The van der Waals surface area contributed by atoms with E-state index in [1.54, 1.807) is 0 Å². The van der Waals surface area contributed by atoms with Crippen LogP contribution in [0.3, 0.4) is 0 Å². The predicted octanol–water partition coefficient (Wildman–Crippen LogP) is 2.02. The highest BCUT2D eigenvalue weighted by Crippen LogP contribution is 2.23. The van der Waals surface area contributed by atoms with Crippen LogP contribution >= 0.6 is 0 Å². The predicted molar refractivity (Wildman–Crippen MR) is 50.0 cm³/mol. The maximum absolute atomic E-state index is 11.3. The Morgan fingerprint density at radius 2 is 1.92 bits per heavy atom. The van der Waals surface area contributed by atoms with Gasteiger partial charge in [0.2, 0.25) is 0 Å². The summed E-state index contributed by atoms with van der Waals surface area (Å²) in [6.07, 6.45) is 1.75. The van der Waals surface area contributed by atoms with Crippen molar-refractivity contribution in [1.29, 1.82) is 0 Å². The number of benzene rings is 1. The Labute approximate surface area is 76.8 Å². The first-order valence-corrected chi connectivity index (χ1v) is 4.25. The lowest BCUT2D eigenvalue weighted by Crippen LogP contribution is -2.03. The monoisotopic (exact) mass is 174 g/mol. The lowest BCUT2D eigenvalue weighted by molar-refractivity contribution is -0.137. The zero-order valence-electron chi connectivity index (χ0n) is 7.36. The van der Waals surface area contributed by atoms with Crippen LogP contribution in [-0.2, 0) is 9.53 Å². The molecule has 2 rings (SSSR count). The summed E-state index contributed by atoms with van der Waals surface area (Å²) < 4.78 is 5.00. The van der Waals surface area contributed by atoms with Crippen molar-refractivity contribution < 1.29 is 9.53 Å². The second-order valence-electron chi connectivity index (χ2n) is 3.06. The summed E-state index contributed by atoms with van der Waals surface area (Å²) >= 11 is 0. The minimum atomic E-state index is -0.223. The fraction of sp³-hybridized carbons (Fsp3) is 0.182. The van der Waals surface area contributed by atoms with E-state index in [1.165, 1.54) is 0 Å². The molecule has 0 fully saturated rings. The molecule has 1 aliphatic rings.